The summed E-state index contributed by atoms with van der Waals surface area (Å²) in [6.45, 7) is 5.64. The van der Waals surface area contributed by atoms with E-state index in [4.69, 9.17) is 4.42 Å². The van der Waals surface area contributed by atoms with Crippen LogP contribution in [0.15, 0.2) is 46.9 Å². The van der Waals surface area contributed by atoms with E-state index in [1.54, 1.807) is 0 Å². The molecule has 0 unspecified atom stereocenters. The number of rotatable bonds is 4. The number of anilines is 2. The Labute approximate surface area is 134 Å². The molecule has 0 aliphatic heterocycles. The van der Waals surface area contributed by atoms with Gasteiger partial charge < -0.3 is 15.1 Å². The van der Waals surface area contributed by atoms with E-state index in [9.17, 15) is 4.79 Å². The Morgan fingerprint density at radius 3 is 2.52 bits per heavy atom. The number of carbonyl (C=O) groups is 1. The zero-order valence-electron chi connectivity index (χ0n) is 13.4. The summed E-state index contributed by atoms with van der Waals surface area (Å²) < 4.78 is 5.45. The quantitative estimate of drug-likeness (QED) is 0.767. The van der Waals surface area contributed by atoms with E-state index in [1.807, 2.05) is 63.2 Å². The second kappa shape index (κ2) is 6.12. The van der Waals surface area contributed by atoms with Gasteiger partial charge in [-0.15, -0.1) is 0 Å². The Kier molecular flexibility index (Phi) is 4.02. The molecule has 118 valence electrons. The van der Waals surface area contributed by atoms with Gasteiger partial charge in [-0.2, -0.15) is 0 Å². The molecule has 1 amide bonds. The molecular weight excluding hydrogens is 290 g/mol. The second-order valence-electron chi connectivity index (χ2n) is 5.64. The molecule has 0 saturated carbocycles. The molecule has 0 radical (unpaired) electrons. The number of nitrogens with one attached hydrogen (secondary N) is 2. The normalized spacial score (nSPS) is 12.1. The van der Waals surface area contributed by atoms with Crippen molar-refractivity contribution in [1.29, 1.82) is 0 Å². The first-order chi connectivity index (χ1) is 11.0. The van der Waals surface area contributed by atoms with Crippen molar-refractivity contribution in [2.24, 2.45) is 0 Å². The summed E-state index contributed by atoms with van der Waals surface area (Å²) in [4.78, 5) is 16.6. The van der Waals surface area contributed by atoms with Crippen molar-refractivity contribution in [2.75, 3.05) is 10.6 Å². The lowest BCUT2D eigenvalue weighted by Crippen LogP contribution is -2.31. The fourth-order valence-corrected chi connectivity index (χ4v) is 2.34. The number of fused-ring (bicyclic) bond motifs is 1. The van der Waals surface area contributed by atoms with Gasteiger partial charge in [0.15, 0.2) is 11.5 Å². The van der Waals surface area contributed by atoms with Crippen LogP contribution in [0.1, 0.15) is 18.4 Å². The zero-order chi connectivity index (χ0) is 16.4. The van der Waals surface area contributed by atoms with Crippen LogP contribution >= 0.6 is 0 Å². The van der Waals surface area contributed by atoms with Crippen LogP contribution in [0, 0.1) is 13.8 Å². The first-order valence-electron chi connectivity index (χ1n) is 7.52. The first kappa shape index (κ1) is 15.1. The summed E-state index contributed by atoms with van der Waals surface area (Å²) in [7, 11) is 0. The van der Waals surface area contributed by atoms with Crippen molar-refractivity contribution in [3.8, 4) is 0 Å². The van der Waals surface area contributed by atoms with E-state index >= 15 is 0 Å². The highest BCUT2D eigenvalue weighted by Gasteiger charge is 2.13. The smallest absolute Gasteiger partial charge is 0.246 e. The number of hydrogen-bond acceptors (Lipinski definition) is 4. The molecule has 0 aliphatic carbocycles. The minimum atomic E-state index is -0.373. The minimum absolute atomic E-state index is 0.0923. The van der Waals surface area contributed by atoms with E-state index in [1.165, 1.54) is 0 Å². The average Bonchev–Trinajstić information content (AvgIpc) is 2.88. The van der Waals surface area contributed by atoms with Crippen molar-refractivity contribution >= 4 is 28.4 Å². The molecule has 0 saturated heterocycles. The maximum atomic E-state index is 12.3. The molecule has 1 aromatic heterocycles. The van der Waals surface area contributed by atoms with Gasteiger partial charge in [0, 0.05) is 18.3 Å². The van der Waals surface area contributed by atoms with Gasteiger partial charge in [-0.3, -0.25) is 4.79 Å². The lowest BCUT2D eigenvalue weighted by Gasteiger charge is -2.15. The highest BCUT2D eigenvalue weighted by Crippen LogP contribution is 2.20. The van der Waals surface area contributed by atoms with Gasteiger partial charge in [0.05, 0.1) is 0 Å². The second-order valence-corrected chi connectivity index (χ2v) is 5.64. The number of aryl methyl sites for hydroxylation is 2. The van der Waals surface area contributed by atoms with E-state index in [0.717, 1.165) is 28.0 Å². The molecule has 1 atom stereocenters. The molecule has 23 heavy (non-hydrogen) atoms. The Balaban J connectivity index is 1.67. The molecule has 3 aromatic rings. The van der Waals surface area contributed by atoms with E-state index in [-0.39, 0.29) is 11.9 Å². The standard InChI is InChI=1S/C18H19N3O2/c1-11-4-6-14(7-5-11)21-18(22)12(2)19-15-8-9-17-16(10-15)20-13(3)23-17/h4-10,12,19H,1-3H3,(H,21,22)/t12-/m1/s1. The van der Waals surface area contributed by atoms with Crippen molar-refractivity contribution < 1.29 is 9.21 Å². The molecule has 2 aromatic carbocycles. The fourth-order valence-electron chi connectivity index (χ4n) is 2.34. The number of benzene rings is 2. The molecule has 0 aliphatic rings. The van der Waals surface area contributed by atoms with Crippen molar-refractivity contribution in [1.82, 2.24) is 4.98 Å². The monoisotopic (exact) mass is 309 g/mol. The van der Waals surface area contributed by atoms with E-state index in [2.05, 4.69) is 15.6 Å². The third kappa shape index (κ3) is 3.51. The lowest BCUT2D eigenvalue weighted by molar-refractivity contribution is -0.116. The molecule has 2 N–H and O–H groups in total. The maximum Gasteiger partial charge on any atom is 0.246 e. The van der Waals surface area contributed by atoms with Crippen LogP contribution in [0.4, 0.5) is 11.4 Å². The number of nitrogens with zero attached hydrogens (tertiary/aromatic N) is 1. The van der Waals surface area contributed by atoms with Crippen molar-refractivity contribution in [2.45, 2.75) is 26.8 Å². The van der Waals surface area contributed by atoms with Gasteiger partial charge in [-0.1, -0.05) is 17.7 Å². The van der Waals surface area contributed by atoms with Crippen LogP contribution in [0.5, 0.6) is 0 Å². The number of aromatic nitrogens is 1. The largest absolute Gasteiger partial charge is 0.441 e. The third-order valence-electron chi connectivity index (χ3n) is 3.59. The summed E-state index contributed by atoms with van der Waals surface area (Å²) in [6, 6.07) is 12.9. The maximum absolute atomic E-state index is 12.3. The Morgan fingerprint density at radius 1 is 1.09 bits per heavy atom. The molecule has 0 bridgehead atoms. The fraction of sp³-hybridized carbons (Fsp3) is 0.222. The van der Waals surface area contributed by atoms with Crippen molar-refractivity contribution in [3.63, 3.8) is 0 Å². The Morgan fingerprint density at radius 2 is 1.78 bits per heavy atom. The van der Waals surface area contributed by atoms with Gasteiger partial charge >= 0.3 is 0 Å². The zero-order valence-corrected chi connectivity index (χ0v) is 13.4. The summed E-state index contributed by atoms with van der Waals surface area (Å²) >= 11 is 0. The number of oxazole rings is 1. The van der Waals surface area contributed by atoms with Crippen LogP contribution < -0.4 is 10.6 Å². The Bertz CT molecular complexity index is 837. The molecule has 0 fully saturated rings. The lowest BCUT2D eigenvalue weighted by atomic mass is 10.2. The first-order valence-corrected chi connectivity index (χ1v) is 7.52. The summed E-state index contributed by atoms with van der Waals surface area (Å²) in [5.74, 6) is 0.535. The van der Waals surface area contributed by atoms with Crippen LogP contribution in [0.2, 0.25) is 0 Å². The summed E-state index contributed by atoms with van der Waals surface area (Å²) in [5, 5.41) is 6.08. The number of amides is 1. The average molecular weight is 309 g/mol. The molecule has 5 nitrogen and oxygen atoms in total. The number of hydrogen-bond donors (Lipinski definition) is 2. The van der Waals surface area contributed by atoms with E-state index < -0.39 is 0 Å². The van der Waals surface area contributed by atoms with Crippen LogP contribution in [-0.2, 0) is 4.79 Å². The number of carbonyl (C=O) groups excluding carboxylic acids is 1. The topological polar surface area (TPSA) is 67.2 Å². The molecule has 1 heterocycles. The minimum Gasteiger partial charge on any atom is -0.441 e. The highest BCUT2D eigenvalue weighted by molar-refractivity contribution is 5.96. The summed E-state index contributed by atoms with van der Waals surface area (Å²) in [5.41, 5.74) is 4.29. The van der Waals surface area contributed by atoms with E-state index in [0.29, 0.717) is 5.89 Å². The van der Waals surface area contributed by atoms with Crippen LogP contribution in [-0.4, -0.2) is 16.9 Å². The van der Waals surface area contributed by atoms with Gasteiger partial charge in [0.1, 0.15) is 11.6 Å². The van der Waals surface area contributed by atoms with Gasteiger partial charge in [0.2, 0.25) is 5.91 Å². The molecular formula is C18H19N3O2. The predicted molar refractivity (Wildman–Crippen MR) is 91.6 cm³/mol. The SMILES string of the molecule is Cc1ccc(NC(=O)[C@@H](C)Nc2ccc3oc(C)nc3c2)cc1. The Hall–Kier alpha value is -2.82. The highest BCUT2D eigenvalue weighted by atomic mass is 16.3. The van der Waals surface area contributed by atoms with Crippen LogP contribution in [0.3, 0.4) is 0 Å². The van der Waals surface area contributed by atoms with Gasteiger partial charge in [-0.05, 0) is 44.2 Å². The predicted octanol–water partition coefficient (Wildman–Crippen LogP) is 3.88. The third-order valence-corrected chi connectivity index (χ3v) is 3.59. The molecule has 0 spiro atoms. The van der Waals surface area contributed by atoms with Gasteiger partial charge in [0.25, 0.3) is 0 Å². The molecule has 3 rings (SSSR count). The molecule has 5 heteroatoms. The van der Waals surface area contributed by atoms with Crippen molar-refractivity contribution in [3.05, 3.63) is 53.9 Å². The summed E-state index contributed by atoms with van der Waals surface area (Å²) in [6.07, 6.45) is 0. The van der Waals surface area contributed by atoms with Crippen LogP contribution in [0.25, 0.3) is 11.1 Å². The van der Waals surface area contributed by atoms with Gasteiger partial charge in [-0.25, -0.2) is 4.98 Å².